The quantitative estimate of drug-likeness (QED) is 0.467. The number of Topliss-reactive ketones (excluding diaryl/α,β-unsaturated/α-hetero) is 1. The van der Waals surface area contributed by atoms with Gasteiger partial charge in [-0.3, -0.25) is 14.0 Å². The van der Waals surface area contributed by atoms with Crippen molar-refractivity contribution in [3.05, 3.63) is 24.0 Å². The number of nitrogens with one attached hydrogen (secondary N) is 2. The summed E-state index contributed by atoms with van der Waals surface area (Å²) in [4.78, 5) is 28.9. The smallest absolute Gasteiger partial charge is 0.226 e. The van der Waals surface area contributed by atoms with Gasteiger partial charge < -0.3 is 10.6 Å². The fourth-order valence-corrected chi connectivity index (χ4v) is 3.43. The van der Waals surface area contributed by atoms with Gasteiger partial charge in [0.05, 0.1) is 11.0 Å². The summed E-state index contributed by atoms with van der Waals surface area (Å²) in [6.07, 6.45) is 3.41. The van der Waals surface area contributed by atoms with Crippen LogP contribution in [-0.2, 0) is 9.59 Å². The second-order valence-electron chi connectivity index (χ2n) is 9.62. The molecule has 172 valence electrons. The number of carbonyl (C=O) groups excluding carboxylic acids is 2. The summed E-state index contributed by atoms with van der Waals surface area (Å²) in [5.41, 5.74) is 2.76. The van der Waals surface area contributed by atoms with Gasteiger partial charge in [-0.2, -0.15) is 0 Å². The fraction of sp³-hybridized carbons (Fsp3) is 0.542. The van der Waals surface area contributed by atoms with Crippen LogP contribution in [0.15, 0.2) is 18.2 Å². The second kappa shape index (κ2) is 9.63. The van der Waals surface area contributed by atoms with E-state index in [0.29, 0.717) is 29.4 Å². The summed E-state index contributed by atoms with van der Waals surface area (Å²) in [5, 5.41) is 14.8. The van der Waals surface area contributed by atoms with Crippen molar-refractivity contribution in [2.75, 3.05) is 17.2 Å². The Kier molecular flexibility index (Phi) is 7.11. The number of unbranched alkanes of at least 4 members (excludes halogenated alkanes) is 2. The molecule has 8 heteroatoms. The van der Waals surface area contributed by atoms with Gasteiger partial charge >= 0.3 is 0 Å². The molecular weight excluding hydrogens is 404 g/mol. The van der Waals surface area contributed by atoms with Crippen molar-refractivity contribution in [2.45, 2.75) is 67.2 Å². The van der Waals surface area contributed by atoms with Crippen LogP contribution in [0.4, 0.5) is 11.5 Å². The molecule has 0 aliphatic rings. The molecule has 0 aliphatic carbocycles. The maximum absolute atomic E-state index is 12.1. The Morgan fingerprint density at radius 2 is 1.84 bits per heavy atom. The number of benzene rings is 1. The number of hydrogen-bond acceptors (Lipinski definition) is 6. The highest BCUT2D eigenvalue weighted by Gasteiger charge is 2.20. The van der Waals surface area contributed by atoms with Crippen LogP contribution in [-0.4, -0.2) is 37.8 Å². The number of aromatic nitrogens is 4. The topological polar surface area (TPSA) is 101 Å². The summed E-state index contributed by atoms with van der Waals surface area (Å²) in [5.74, 6) is 1.61. The van der Waals surface area contributed by atoms with Gasteiger partial charge in [-0.1, -0.05) is 41.0 Å². The number of carbonyl (C=O) groups is 2. The first-order valence-electron chi connectivity index (χ1n) is 11.3. The molecule has 1 amide bonds. The van der Waals surface area contributed by atoms with Crippen LogP contribution in [0.25, 0.3) is 16.7 Å². The minimum Gasteiger partial charge on any atom is -0.367 e. The first-order valence-corrected chi connectivity index (χ1v) is 11.3. The summed E-state index contributed by atoms with van der Waals surface area (Å²) in [6.45, 7) is 12.3. The highest BCUT2D eigenvalue weighted by atomic mass is 16.1. The van der Waals surface area contributed by atoms with E-state index in [1.54, 1.807) is 0 Å². The van der Waals surface area contributed by atoms with E-state index in [4.69, 9.17) is 4.98 Å². The number of fused-ring (bicyclic) bond motifs is 3. The van der Waals surface area contributed by atoms with Crippen molar-refractivity contribution in [2.24, 2.45) is 11.3 Å². The van der Waals surface area contributed by atoms with Crippen molar-refractivity contribution >= 4 is 39.9 Å². The van der Waals surface area contributed by atoms with E-state index in [1.807, 2.05) is 64.1 Å². The zero-order chi connectivity index (χ0) is 23.5. The maximum Gasteiger partial charge on any atom is 0.226 e. The molecule has 0 radical (unpaired) electrons. The lowest BCUT2D eigenvalue weighted by molar-refractivity contribution is -0.126. The van der Waals surface area contributed by atoms with Crippen LogP contribution in [0, 0.1) is 18.3 Å². The minimum atomic E-state index is -0.266. The van der Waals surface area contributed by atoms with E-state index in [-0.39, 0.29) is 17.2 Å². The average Bonchev–Trinajstić information content (AvgIpc) is 3.11. The molecule has 1 aromatic carbocycles. The third kappa shape index (κ3) is 5.41. The first kappa shape index (κ1) is 23.6. The number of rotatable bonds is 9. The molecular formula is C24H34N6O2. The molecule has 3 rings (SSSR count). The third-order valence-corrected chi connectivity index (χ3v) is 5.49. The maximum atomic E-state index is 12.1. The van der Waals surface area contributed by atoms with Crippen molar-refractivity contribution in [1.29, 1.82) is 0 Å². The number of amides is 1. The lowest BCUT2D eigenvalue weighted by Crippen LogP contribution is -2.19. The molecule has 0 unspecified atom stereocenters. The summed E-state index contributed by atoms with van der Waals surface area (Å²) in [7, 11) is 0. The number of anilines is 2. The van der Waals surface area contributed by atoms with Gasteiger partial charge in [0.25, 0.3) is 0 Å². The van der Waals surface area contributed by atoms with Gasteiger partial charge in [-0.05, 0) is 38.0 Å². The molecule has 0 fully saturated rings. The molecule has 2 aromatic heterocycles. The van der Waals surface area contributed by atoms with Crippen LogP contribution in [0.1, 0.15) is 66.1 Å². The standard InChI is InChI=1S/C24H34N6O2/c1-15(2)23(32)26-17-11-12-19-18(14-17)27-21(22-29-28-16(3)30(19)22)25-13-9-7-8-10-20(31)24(4,5)6/h11-12,14-15H,7-10,13H2,1-6H3,(H,25,27)(H,26,32). The van der Waals surface area contributed by atoms with E-state index < -0.39 is 0 Å². The van der Waals surface area contributed by atoms with E-state index in [9.17, 15) is 9.59 Å². The molecule has 0 saturated heterocycles. The lowest BCUT2D eigenvalue weighted by Gasteiger charge is -2.16. The van der Waals surface area contributed by atoms with E-state index in [1.165, 1.54) is 0 Å². The molecule has 32 heavy (non-hydrogen) atoms. The van der Waals surface area contributed by atoms with Gasteiger partial charge in [-0.15, -0.1) is 10.2 Å². The van der Waals surface area contributed by atoms with Crippen LogP contribution in [0.3, 0.4) is 0 Å². The van der Waals surface area contributed by atoms with Gasteiger partial charge in [0, 0.05) is 30.0 Å². The van der Waals surface area contributed by atoms with E-state index >= 15 is 0 Å². The normalized spacial score (nSPS) is 12.0. The van der Waals surface area contributed by atoms with Crippen LogP contribution in [0.2, 0.25) is 0 Å². The summed E-state index contributed by atoms with van der Waals surface area (Å²) < 4.78 is 1.97. The zero-order valence-corrected chi connectivity index (χ0v) is 20.0. The van der Waals surface area contributed by atoms with Crippen molar-refractivity contribution in [1.82, 2.24) is 19.6 Å². The Morgan fingerprint density at radius 3 is 2.53 bits per heavy atom. The number of aryl methyl sites for hydroxylation is 1. The molecule has 8 nitrogen and oxygen atoms in total. The molecule has 0 spiro atoms. The summed E-state index contributed by atoms with van der Waals surface area (Å²) >= 11 is 0. The van der Waals surface area contributed by atoms with Crippen molar-refractivity contribution in [3.63, 3.8) is 0 Å². The van der Waals surface area contributed by atoms with Gasteiger partial charge in [-0.25, -0.2) is 4.98 Å². The highest BCUT2D eigenvalue weighted by molar-refractivity contribution is 5.94. The molecule has 3 aromatic rings. The largest absolute Gasteiger partial charge is 0.367 e. The molecule has 0 aliphatic heterocycles. The molecule has 0 atom stereocenters. The number of nitrogens with zero attached hydrogens (tertiary/aromatic N) is 4. The molecule has 0 bridgehead atoms. The predicted molar refractivity (Wildman–Crippen MR) is 128 cm³/mol. The Bertz CT molecular complexity index is 1130. The minimum absolute atomic E-state index is 0.0332. The Hall–Kier alpha value is -3.03. The number of ketones is 1. The van der Waals surface area contributed by atoms with Crippen molar-refractivity contribution in [3.8, 4) is 0 Å². The molecule has 2 heterocycles. The number of hydrogen-bond donors (Lipinski definition) is 2. The SMILES string of the molecule is Cc1nnc2c(NCCCCCC(=O)C(C)(C)C)nc3cc(NC(=O)C(C)C)ccc3n12. The van der Waals surface area contributed by atoms with Crippen molar-refractivity contribution < 1.29 is 9.59 Å². The van der Waals surface area contributed by atoms with E-state index in [2.05, 4.69) is 20.8 Å². The fourth-order valence-electron chi connectivity index (χ4n) is 3.43. The predicted octanol–water partition coefficient (Wildman–Crippen LogP) is 4.77. The first-order chi connectivity index (χ1) is 15.1. The zero-order valence-electron chi connectivity index (χ0n) is 20.0. The van der Waals surface area contributed by atoms with Gasteiger partial charge in [0.15, 0.2) is 5.82 Å². The average molecular weight is 439 g/mol. The van der Waals surface area contributed by atoms with Gasteiger partial charge in [0.2, 0.25) is 11.6 Å². The molecule has 0 saturated carbocycles. The van der Waals surface area contributed by atoms with E-state index in [0.717, 1.165) is 42.7 Å². The van der Waals surface area contributed by atoms with Gasteiger partial charge in [0.1, 0.15) is 11.6 Å². The Morgan fingerprint density at radius 1 is 1.09 bits per heavy atom. The monoisotopic (exact) mass is 438 g/mol. The third-order valence-electron chi connectivity index (χ3n) is 5.49. The Labute approximate surface area is 189 Å². The summed E-state index contributed by atoms with van der Waals surface area (Å²) in [6, 6.07) is 5.67. The van der Waals surface area contributed by atoms with Crippen LogP contribution < -0.4 is 10.6 Å². The Balaban J connectivity index is 1.73. The van der Waals surface area contributed by atoms with Crippen LogP contribution in [0.5, 0.6) is 0 Å². The second-order valence-corrected chi connectivity index (χ2v) is 9.62. The lowest BCUT2D eigenvalue weighted by atomic mass is 9.88. The highest BCUT2D eigenvalue weighted by Crippen LogP contribution is 2.25. The van der Waals surface area contributed by atoms with Crippen LogP contribution >= 0.6 is 0 Å². The molecule has 2 N–H and O–H groups in total.